The van der Waals surface area contributed by atoms with Crippen molar-refractivity contribution in [3.8, 4) is 0 Å². The van der Waals surface area contributed by atoms with Gasteiger partial charge >= 0.3 is 0 Å². The second-order valence-electron chi connectivity index (χ2n) is 3.89. The molecule has 0 N–H and O–H groups in total. The zero-order valence-corrected chi connectivity index (χ0v) is 7.19. The van der Waals surface area contributed by atoms with E-state index in [4.69, 9.17) is 0 Å². The van der Waals surface area contributed by atoms with Crippen LogP contribution in [-0.2, 0) is 9.59 Å². The number of rotatable bonds is 2. The standard InChI is InChI=1S/C9H10N2O2/c12-5-10-8-3-7-1-2-9(8,4-7)11-6-13/h7-8H,1-4H2. The SMILES string of the molecule is O=C=NC1CC2CCC1(N=C=O)C2. The summed E-state index contributed by atoms with van der Waals surface area (Å²) in [7, 11) is 0. The molecule has 4 nitrogen and oxygen atoms in total. The quantitative estimate of drug-likeness (QED) is 0.467. The third-order valence-electron chi connectivity index (χ3n) is 3.28. The summed E-state index contributed by atoms with van der Waals surface area (Å²) >= 11 is 0. The van der Waals surface area contributed by atoms with E-state index in [1.165, 1.54) is 0 Å². The Balaban J connectivity index is 2.31. The van der Waals surface area contributed by atoms with Crippen molar-refractivity contribution in [1.29, 1.82) is 0 Å². The van der Waals surface area contributed by atoms with Crippen LogP contribution in [0.1, 0.15) is 25.7 Å². The summed E-state index contributed by atoms with van der Waals surface area (Å²) in [5.74, 6) is 0.583. The van der Waals surface area contributed by atoms with Crippen LogP contribution >= 0.6 is 0 Å². The van der Waals surface area contributed by atoms with Gasteiger partial charge in [0.2, 0.25) is 12.2 Å². The summed E-state index contributed by atoms with van der Waals surface area (Å²) in [5, 5.41) is 0. The number of isocyanates is 2. The van der Waals surface area contributed by atoms with E-state index in [1.807, 2.05) is 0 Å². The fourth-order valence-corrected chi connectivity index (χ4v) is 2.70. The lowest BCUT2D eigenvalue weighted by atomic mass is 9.89. The first-order valence-corrected chi connectivity index (χ1v) is 4.47. The lowest BCUT2D eigenvalue weighted by Gasteiger charge is -2.25. The highest BCUT2D eigenvalue weighted by Gasteiger charge is 2.52. The minimum Gasteiger partial charge on any atom is -0.211 e. The van der Waals surface area contributed by atoms with Crippen molar-refractivity contribution in [3.05, 3.63) is 0 Å². The average Bonchev–Trinajstić information content (AvgIpc) is 2.63. The Kier molecular flexibility index (Phi) is 1.87. The van der Waals surface area contributed by atoms with Crippen molar-refractivity contribution in [2.45, 2.75) is 37.3 Å². The molecule has 13 heavy (non-hydrogen) atoms. The number of hydrogen-bond acceptors (Lipinski definition) is 4. The van der Waals surface area contributed by atoms with Crippen LogP contribution in [0.2, 0.25) is 0 Å². The summed E-state index contributed by atoms with van der Waals surface area (Å²) in [4.78, 5) is 28.0. The molecule has 0 saturated heterocycles. The predicted molar refractivity (Wildman–Crippen MR) is 44.7 cm³/mol. The van der Waals surface area contributed by atoms with Gasteiger partial charge in [0, 0.05) is 0 Å². The predicted octanol–water partition coefficient (Wildman–Crippen LogP) is 0.969. The summed E-state index contributed by atoms with van der Waals surface area (Å²) < 4.78 is 0. The largest absolute Gasteiger partial charge is 0.235 e. The maximum absolute atomic E-state index is 10.3. The Bertz CT molecular complexity index is 316. The van der Waals surface area contributed by atoms with Crippen molar-refractivity contribution in [1.82, 2.24) is 0 Å². The molecule has 0 aromatic heterocycles. The molecule has 2 fully saturated rings. The second-order valence-corrected chi connectivity index (χ2v) is 3.89. The van der Waals surface area contributed by atoms with Crippen LogP contribution in [0.3, 0.4) is 0 Å². The van der Waals surface area contributed by atoms with E-state index in [9.17, 15) is 9.59 Å². The van der Waals surface area contributed by atoms with Crippen molar-refractivity contribution < 1.29 is 9.59 Å². The third-order valence-corrected chi connectivity index (χ3v) is 3.28. The molecule has 0 amide bonds. The highest BCUT2D eigenvalue weighted by Crippen LogP contribution is 2.51. The maximum atomic E-state index is 10.3. The summed E-state index contributed by atoms with van der Waals surface area (Å²) in [6.45, 7) is 0. The highest BCUT2D eigenvalue weighted by molar-refractivity contribution is 5.39. The smallest absolute Gasteiger partial charge is 0.211 e. The van der Waals surface area contributed by atoms with Crippen molar-refractivity contribution >= 4 is 12.2 Å². The van der Waals surface area contributed by atoms with Gasteiger partial charge in [0.05, 0.1) is 11.6 Å². The van der Waals surface area contributed by atoms with Crippen molar-refractivity contribution in [2.75, 3.05) is 0 Å². The number of hydrogen-bond donors (Lipinski definition) is 0. The van der Waals surface area contributed by atoms with Gasteiger partial charge in [0.25, 0.3) is 0 Å². The minimum absolute atomic E-state index is 0.120. The topological polar surface area (TPSA) is 58.9 Å². The lowest BCUT2D eigenvalue weighted by molar-refractivity contribution is 0.361. The molecule has 2 saturated carbocycles. The molecule has 3 unspecified atom stereocenters. The molecule has 2 aliphatic carbocycles. The fraction of sp³-hybridized carbons (Fsp3) is 0.778. The normalized spacial score (nSPS) is 40.9. The lowest BCUT2D eigenvalue weighted by Crippen LogP contribution is -2.33. The van der Waals surface area contributed by atoms with Crippen LogP contribution < -0.4 is 0 Å². The molecule has 4 heteroatoms. The first-order chi connectivity index (χ1) is 6.30. The first-order valence-electron chi connectivity index (χ1n) is 4.47. The number of fused-ring (bicyclic) bond motifs is 2. The molecule has 2 bridgehead atoms. The van der Waals surface area contributed by atoms with Gasteiger partial charge in [-0.05, 0) is 31.6 Å². The summed E-state index contributed by atoms with van der Waals surface area (Å²) in [5.41, 5.74) is -0.399. The van der Waals surface area contributed by atoms with E-state index in [-0.39, 0.29) is 6.04 Å². The summed E-state index contributed by atoms with van der Waals surface area (Å²) in [6, 6.07) is -0.120. The van der Waals surface area contributed by atoms with Crippen LogP contribution in [0.5, 0.6) is 0 Å². The number of carbonyl (C=O) groups excluding carboxylic acids is 2. The minimum atomic E-state index is -0.399. The fourth-order valence-electron chi connectivity index (χ4n) is 2.70. The van der Waals surface area contributed by atoms with E-state index in [1.54, 1.807) is 12.2 Å². The molecule has 0 radical (unpaired) electrons. The maximum Gasteiger partial charge on any atom is 0.235 e. The zero-order valence-electron chi connectivity index (χ0n) is 7.19. The molecule has 0 aliphatic heterocycles. The molecule has 3 atom stereocenters. The Labute approximate surface area is 75.8 Å². The molecule has 2 aliphatic rings. The van der Waals surface area contributed by atoms with Crippen molar-refractivity contribution in [3.63, 3.8) is 0 Å². The monoisotopic (exact) mass is 178 g/mol. The van der Waals surface area contributed by atoms with Gasteiger partial charge in [0.1, 0.15) is 0 Å². The molecule has 2 rings (SSSR count). The van der Waals surface area contributed by atoms with Crippen LogP contribution in [0.25, 0.3) is 0 Å². The average molecular weight is 178 g/mol. The van der Waals surface area contributed by atoms with Gasteiger partial charge in [-0.2, -0.15) is 9.98 Å². The molecule has 0 spiro atoms. The van der Waals surface area contributed by atoms with Gasteiger partial charge < -0.3 is 0 Å². The van der Waals surface area contributed by atoms with E-state index >= 15 is 0 Å². The van der Waals surface area contributed by atoms with E-state index in [0.29, 0.717) is 5.92 Å². The number of nitrogens with zero attached hydrogens (tertiary/aromatic N) is 2. The van der Waals surface area contributed by atoms with Gasteiger partial charge in [-0.15, -0.1) is 0 Å². The van der Waals surface area contributed by atoms with Gasteiger partial charge in [0.15, 0.2) is 0 Å². The number of aliphatic imine (C=N–C) groups is 2. The first kappa shape index (κ1) is 8.36. The Hall–Kier alpha value is -1.24. The highest BCUT2D eigenvalue weighted by atomic mass is 16.1. The molecular weight excluding hydrogens is 168 g/mol. The molecule has 0 heterocycles. The van der Waals surface area contributed by atoms with E-state index in [2.05, 4.69) is 9.98 Å². The van der Waals surface area contributed by atoms with Crippen molar-refractivity contribution in [2.24, 2.45) is 15.9 Å². The van der Waals surface area contributed by atoms with E-state index < -0.39 is 5.54 Å². The Morgan fingerprint density at radius 3 is 2.77 bits per heavy atom. The van der Waals surface area contributed by atoms with Gasteiger partial charge in [-0.25, -0.2) is 9.59 Å². The van der Waals surface area contributed by atoms with E-state index in [0.717, 1.165) is 25.7 Å². The third kappa shape index (κ3) is 1.15. The summed E-state index contributed by atoms with van der Waals surface area (Å²) in [6.07, 6.45) is 6.88. The van der Waals surface area contributed by atoms with Crippen LogP contribution in [0.4, 0.5) is 0 Å². The van der Waals surface area contributed by atoms with Gasteiger partial charge in [-0.1, -0.05) is 0 Å². The Morgan fingerprint density at radius 2 is 2.15 bits per heavy atom. The molecular formula is C9H10N2O2. The second kappa shape index (κ2) is 2.91. The van der Waals surface area contributed by atoms with Crippen LogP contribution in [-0.4, -0.2) is 23.7 Å². The molecule has 68 valence electrons. The zero-order chi connectivity index (χ0) is 9.31. The molecule has 0 aromatic carbocycles. The van der Waals surface area contributed by atoms with Crippen LogP contribution in [0, 0.1) is 5.92 Å². The Morgan fingerprint density at radius 1 is 1.31 bits per heavy atom. The molecule has 0 aromatic rings. The van der Waals surface area contributed by atoms with Gasteiger partial charge in [-0.3, -0.25) is 0 Å². The van der Waals surface area contributed by atoms with Crippen LogP contribution in [0.15, 0.2) is 9.98 Å².